The molecule has 0 fully saturated rings. The van der Waals surface area contributed by atoms with E-state index in [-0.39, 0.29) is 17.2 Å². The first-order chi connectivity index (χ1) is 11.9. The predicted octanol–water partition coefficient (Wildman–Crippen LogP) is 1.57. The van der Waals surface area contributed by atoms with Crippen LogP contribution in [0.4, 0.5) is 5.69 Å². The summed E-state index contributed by atoms with van der Waals surface area (Å²) in [5.74, 6) is -0.0896. The van der Waals surface area contributed by atoms with Crippen molar-refractivity contribution < 1.29 is 22.7 Å². The Morgan fingerprint density at radius 3 is 2.52 bits per heavy atom. The van der Waals surface area contributed by atoms with E-state index in [0.717, 1.165) is 0 Å². The minimum absolute atomic E-state index is 0.00844. The molecule has 1 heterocycles. The molecule has 3 rings (SSSR count). The van der Waals surface area contributed by atoms with Gasteiger partial charge in [0.1, 0.15) is 5.75 Å². The van der Waals surface area contributed by atoms with Gasteiger partial charge in [0.05, 0.1) is 17.1 Å². The highest BCUT2D eigenvalue weighted by Gasteiger charge is 2.29. The normalized spacial score (nSPS) is 16.5. The van der Waals surface area contributed by atoms with Crippen molar-refractivity contribution in [2.24, 2.45) is 0 Å². The molecule has 1 atom stereocenters. The Labute approximate surface area is 145 Å². The summed E-state index contributed by atoms with van der Waals surface area (Å²) in [5, 5.41) is 2.67. The smallest absolute Gasteiger partial charge is 0.266 e. The van der Waals surface area contributed by atoms with Crippen LogP contribution in [0.25, 0.3) is 0 Å². The zero-order valence-electron chi connectivity index (χ0n) is 13.4. The van der Waals surface area contributed by atoms with Gasteiger partial charge in [0.2, 0.25) is 10.0 Å². The maximum absolute atomic E-state index is 12.3. The number of hydrogen-bond donors (Lipinski definition) is 2. The van der Waals surface area contributed by atoms with Gasteiger partial charge < -0.3 is 10.1 Å². The Hall–Kier alpha value is -2.71. The predicted molar refractivity (Wildman–Crippen MR) is 91.1 cm³/mol. The molecule has 1 aliphatic rings. The van der Waals surface area contributed by atoms with Gasteiger partial charge in [-0.2, -0.15) is 0 Å². The van der Waals surface area contributed by atoms with Gasteiger partial charge in [0, 0.05) is 5.56 Å². The second kappa shape index (κ2) is 6.66. The molecular formula is C17H16N2O5S. The van der Waals surface area contributed by atoms with Crippen molar-refractivity contribution in [1.29, 1.82) is 0 Å². The summed E-state index contributed by atoms with van der Waals surface area (Å²) < 4.78 is 32.5. The lowest BCUT2D eigenvalue weighted by Gasteiger charge is -2.25. The third kappa shape index (κ3) is 3.70. The molecule has 1 aliphatic heterocycles. The van der Waals surface area contributed by atoms with Gasteiger partial charge in [0.25, 0.3) is 5.91 Å². The van der Waals surface area contributed by atoms with E-state index in [1.54, 1.807) is 24.3 Å². The van der Waals surface area contributed by atoms with Gasteiger partial charge in [-0.3, -0.25) is 9.59 Å². The highest BCUT2D eigenvalue weighted by atomic mass is 32.2. The van der Waals surface area contributed by atoms with E-state index in [4.69, 9.17) is 4.74 Å². The molecule has 7 nitrogen and oxygen atoms in total. The molecule has 25 heavy (non-hydrogen) atoms. The largest absolute Gasteiger partial charge is 0.477 e. The molecule has 2 aromatic carbocycles. The SMILES string of the molecule is CC(=O)c1ccc(S(=O)(=O)NCC2Oc3ccccc3NC2=O)cc1. The highest BCUT2D eigenvalue weighted by Crippen LogP contribution is 2.28. The lowest BCUT2D eigenvalue weighted by Crippen LogP contribution is -2.45. The van der Waals surface area contributed by atoms with Crippen LogP contribution in [0.15, 0.2) is 53.4 Å². The van der Waals surface area contributed by atoms with Crippen molar-refractivity contribution in [3.63, 3.8) is 0 Å². The molecule has 0 radical (unpaired) electrons. The number of carbonyl (C=O) groups is 2. The molecule has 0 spiro atoms. The quantitative estimate of drug-likeness (QED) is 0.788. The number of sulfonamides is 1. The fourth-order valence-electron chi connectivity index (χ4n) is 2.36. The number of ketones is 1. The summed E-state index contributed by atoms with van der Waals surface area (Å²) in [5.41, 5.74) is 0.969. The Bertz CT molecular complexity index is 922. The summed E-state index contributed by atoms with van der Waals surface area (Å²) in [6, 6.07) is 12.5. The monoisotopic (exact) mass is 360 g/mol. The second-order valence-electron chi connectivity index (χ2n) is 5.52. The van der Waals surface area contributed by atoms with Crippen molar-refractivity contribution in [3.05, 3.63) is 54.1 Å². The van der Waals surface area contributed by atoms with Crippen LogP contribution in [-0.2, 0) is 14.8 Å². The van der Waals surface area contributed by atoms with Gasteiger partial charge in [-0.1, -0.05) is 24.3 Å². The lowest BCUT2D eigenvalue weighted by molar-refractivity contribution is -0.123. The number of fused-ring (bicyclic) bond motifs is 1. The number of hydrogen-bond acceptors (Lipinski definition) is 5. The summed E-state index contributed by atoms with van der Waals surface area (Å²) in [6.45, 7) is 1.19. The van der Waals surface area contributed by atoms with Crippen molar-refractivity contribution in [3.8, 4) is 5.75 Å². The molecule has 0 aromatic heterocycles. The van der Waals surface area contributed by atoms with Crippen LogP contribution < -0.4 is 14.8 Å². The number of rotatable bonds is 5. The van der Waals surface area contributed by atoms with Crippen LogP contribution in [0.5, 0.6) is 5.75 Å². The van der Waals surface area contributed by atoms with Crippen molar-refractivity contribution in [2.75, 3.05) is 11.9 Å². The minimum Gasteiger partial charge on any atom is -0.477 e. The number of anilines is 1. The standard InChI is InChI=1S/C17H16N2O5S/c1-11(20)12-6-8-13(9-7-12)25(22,23)18-10-16-17(21)19-14-4-2-3-5-15(14)24-16/h2-9,16,18H,10H2,1H3,(H,19,21). The van der Waals surface area contributed by atoms with Gasteiger partial charge in [0.15, 0.2) is 11.9 Å². The molecule has 0 bridgehead atoms. The number of Topliss-reactive ketones (excluding diaryl/α,β-unsaturated/α-hetero) is 1. The number of benzene rings is 2. The van der Waals surface area contributed by atoms with E-state index in [1.165, 1.54) is 31.2 Å². The van der Waals surface area contributed by atoms with E-state index in [9.17, 15) is 18.0 Å². The minimum atomic E-state index is -3.82. The van der Waals surface area contributed by atoms with Crippen LogP contribution >= 0.6 is 0 Å². The number of amides is 1. The topological polar surface area (TPSA) is 102 Å². The highest BCUT2D eigenvalue weighted by molar-refractivity contribution is 7.89. The average Bonchev–Trinajstić information content (AvgIpc) is 2.60. The maximum atomic E-state index is 12.3. The van der Waals surface area contributed by atoms with Crippen LogP contribution in [0.1, 0.15) is 17.3 Å². The molecule has 2 aromatic rings. The first-order valence-corrected chi connectivity index (χ1v) is 9.02. The van der Waals surface area contributed by atoms with Crippen molar-refractivity contribution in [1.82, 2.24) is 4.72 Å². The van der Waals surface area contributed by atoms with Gasteiger partial charge >= 0.3 is 0 Å². The summed E-state index contributed by atoms with van der Waals surface area (Å²) in [7, 11) is -3.82. The van der Waals surface area contributed by atoms with Gasteiger partial charge in [-0.25, -0.2) is 13.1 Å². The Kier molecular flexibility index (Phi) is 4.56. The molecule has 1 amide bonds. The Morgan fingerprint density at radius 1 is 1.16 bits per heavy atom. The van der Waals surface area contributed by atoms with Crippen LogP contribution in [0, 0.1) is 0 Å². The van der Waals surface area contributed by atoms with E-state index in [1.807, 2.05) is 0 Å². The van der Waals surface area contributed by atoms with E-state index >= 15 is 0 Å². The third-order valence-electron chi connectivity index (χ3n) is 3.74. The van der Waals surface area contributed by atoms with Crippen LogP contribution in [-0.4, -0.2) is 32.8 Å². The fourth-order valence-corrected chi connectivity index (χ4v) is 3.40. The molecule has 130 valence electrons. The first-order valence-electron chi connectivity index (χ1n) is 7.54. The zero-order valence-corrected chi connectivity index (χ0v) is 14.2. The molecule has 2 N–H and O–H groups in total. The summed E-state index contributed by atoms with van der Waals surface area (Å²) >= 11 is 0. The van der Waals surface area contributed by atoms with E-state index < -0.39 is 22.0 Å². The Morgan fingerprint density at radius 2 is 1.84 bits per heavy atom. The van der Waals surface area contributed by atoms with Crippen molar-refractivity contribution >= 4 is 27.4 Å². The third-order valence-corrected chi connectivity index (χ3v) is 5.18. The maximum Gasteiger partial charge on any atom is 0.266 e. The fraction of sp³-hybridized carbons (Fsp3) is 0.176. The molecule has 0 saturated heterocycles. The lowest BCUT2D eigenvalue weighted by atomic mass is 10.2. The summed E-state index contributed by atoms with van der Waals surface area (Å²) in [6.07, 6.45) is -0.971. The van der Waals surface area contributed by atoms with E-state index in [0.29, 0.717) is 17.0 Å². The number of ether oxygens (including phenoxy) is 1. The molecule has 8 heteroatoms. The van der Waals surface area contributed by atoms with Crippen LogP contribution in [0.2, 0.25) is 0 Å². The van der Waals surface area contributed by atoms with Crippen LogP contribution in [0.3, 0.4) is 0 Å². The molecular weight excluding hydrogens is 344 g/mol. The molecule has 0 saturated carbocycles. The zero-order chi connectivity index (χ0) is 18.0. The molecule has 0 aliphatic carbocycles. The van der Waals surface area contributed by atoms with Gasteiger partial charge in [-0.15, -0.1) is 0 Å². The number of carbonyl (C=O) groups excluding carboxylic acids is 2. The summed E-state index contributed by atoms with van der Waals surface area (Å²) in [4.78, 5) is 23.3. The number of nitrogens with one attached hydrogen (secondary N) is 2. The Balaban J connectivity index is 1.70. The van der Waals surface area contributed by atoms with E-state index in [2.05, 4.69) is 10.0 Å². The first kappa shape index (κ1) is 17.1. The number of para-hydroxylation sites is 2. The second-order valence-corrected chi connectivity index (χ2v) is 7.29. The van der Waals surface area contributed by atoms with Crippen molar-refractivity contribution in [2.45, 2.75) is 17.9 Å². The average molecular weight is 360 g/mol. The molecule has 1 unspecified atom stereocenters. The van der Waals surface area contributed by atoms with Gasteiger partial charge in [-0.05, 0) is 31.2 Å².